The third-order valence-electron chi connectivity index (χ3n) is 4.68. The van der Waals surface area contributed by atoms with Crippen LogP contribution in [0.5, 0.6) is 5.75 Å². The Hall–Kier alpha value is -2.47. The Morgan fingerprint density at radius 1 is 1.12 bits per heavy atom. The van der Waals surface area contributed by atoms with E-state index in [2.05, 4.69) is 5.32 Å². The molecular formula is C18H16F2N2O2. The second-order valence-electron chi connectivity index (χ2n) is 6.13. The molecule has 1 amide bonds. The molecule has 4 nitrogen and oxygen atoms in total. The number of benzene rings is 2. The second kappa shape index (κ2) is 5.56. The van der Waals surface area contributed by atoms with E-state index < -0.39 is 11.6 Å². The highest BCUT2D eigenvalue weighted by molar-refractivity contribution is 5.98. The molecule has 2 atom stereocenters. The van der Waals surface area contributed by atoms with Crippen LogP contribution in [0.25, 0.3) is 11.1 Å². The first-order chi connectivity index (χ1) is 11.5. The summed E-state index contributed by atoms with van der Waals surface area (Å²) in [7, 11) is 1.76. The number of hydrogen-bond acceptors (Lipinski definition) is 3. The Labute approximate surface area is 138 Å². The number of nitrogens with one attached hydrogen (secondary N) is 1. The molecule has 2 heterocycles. The van der Waals surface area contributed by atoms with Crippen LogP contribution in [0.2, 0.25) is 0 Å². The van der Waals surface area contributed by atoms with Gasteiger partial charge in [0.05, 0.1) is 11.6 Å². The molecule has 2 aromatic rings. The fraction of sp³-hybridized carbons (Fsp3) is 0.278. The molecule has 0 aliphatic carbocycles. The zero-order chi connectivity index (χ0) is 16.8. The topological polar surface area (TPSA) is 41.6 Å². The van der Waals surface area contributed by atoms with E-state index in [-0.39, 0.29) is 23.6 Å². The zero-order valence-corrected chi connectivity index (χ0v) is 13.1. The van der Waals surface area contributed by atoms with Crippen LogP contribution >= 0.6 is 0 Å². The minimum atomic E-state index is -0.646. The van der Waals surface area contributed by atoms with Crippen LogP contribution < -0.4 is 10.1 Å². The molecular weight excluding hydrogens is 314 g/mol. The number of fused-ring (bicyclic) bond motifs is 2. The van der Waals surface area contributed by atoms with Gasteiger partial charge in [0.1, 0.15) is 23.5 Å². The minimum absolute atomic E-state index is 0.0316. The van der Waals surface area contributed by atoms with E-state index in [1.54, 1.807) is 30.1 Å². The summed E-state index contributed by atoms with van der Waals surface area (Å²) < 4.78 is 33.2. The summed E-state index contributed by atoms with van der Waals surface area (Å²) in [4.78, 5) is 14.3. The van der Waals surface area contributed by atoms with Crippen molar-refractivity contribution in [3.8, 4) is 16.9 Å². The molecule has 0 bridgehead atoms. The predicted molar refractivity (Wildman–Crippen MR) is 85.0 cm³/mol. The van der Waals surface area contributed by atoms with Gasteiger partial charge < -0.3 is 15.0 Å². The predicted octanol–water partition coefficient (Wildman–Crippen LogP) is 2.44. The van der Waals surface area contributed by atoms with Crippen LogP contribution in [0.3, 0.4) is 0 Å². The highest BCUT2D eigenvalue weighted by Gasteiger charge is 2.38. The Kier molecular flexibility index (Phi) is 3.49. The monoisotopic (exact) mass is 330 g/mol. The molecule has 0 saturated carbocycles. The molecule has 4 rings (SSSR count). The molecule has 6 heteroatoms. The molecule has 0 radical (unpaired) electrons. The number of carbonyl (C=O) groups is 1. The molecule has 0 spiro atoms. The first-order valence-corrected chi connectivity index (χ1v) is 7.78. The number of halogens is 2. The molecule has 1 fully saturated rings. The van der Waals surface area contributed by atoms with Crippen molar-refractivity contribution in [2.75, 3.05) is 20.1 Å². The highest BCUT2D eigenvalue weighted by atomic mass is 19.1. The molecule has 1 saturated heterocycles. The van der Waals surface area contributed by atoms with Crippen LogP contribution in [0, 0.1) is 11.6 Å². The molecule has 1 N–H and O–H groups in total. The van der Waals surface area contributed by atoms with Crippen molar-refractivity contribution in [3.63, 3.8) is 0 Å². The largest absolute Gasteiger partial charge is 0.486 e. The van der Waals surface area contributed by atoms with E-state index in [0.29, 0.717) is 30.0 Å². The first kappa shape index (κ1) is 15.1. The minimum Gasteiger partial charge on any atom is -0.486 e. The van der Waals surface area contributed by atoms with Crippen molar-refractivity contribution in [2.45, 2.75) is 12.1 Å². The summed E-state index contributed by atoms with van der Waals surface area (Å²) in [5.74, 6) is -0.956. The summed E-state index contributed by atoms with van der Waals surface area (Å²) in [6, 6.07) is 8.36. The number of ether oxygens (including phenoxy) is 1. The van der Waals surface area contributed by atoms with E-state index in [1.165, 1.54) is 12.1 Å². The number of amides is 1. The normalized spacial score (nSPS) is 22.6. The SMILES string of the molecule is CN1C(=O)c2ccc(-c3ccc(F)cc3F)cc2O[C@H]2CNC[C@H]21. The van der Waals surface area contributed by atoms with E-state index in [1.807, 2.05) is 0 Å². The van der Waals surface area contributed by atoms with E-state index in [4.69, 9.17) is 4.74 Å². The van der Waals surface area contributed by atoms with Crippen LogP contribution in [0.15, 0.2) is 36.4 Å². The Bertz CT molecular complexity index is 825. The van der Waals surface area contributed by atoms with Gasteiger partial charge in [0.25, 0.3) is 5.91 Å². The van der Waals surface area contributed by atoms with Gasteiger partial charge in [0.15, 0.2) is 0 Å². The lowest BCUT2D eigenvalue weighted by Gasteiger charge is -2.24. The molecule has 2 aromatic carbocycles. The van der Waals surface area contributed by atoms with Crippen molar-refractivity contribution in [2.24, 2.45) is 0 Å². The molecule has 2 aliphatic heterocycles. The summed E-state index contributed by atoms with van der Waals surface area (Å²) in [5.41, 5.74) is 1.28. The van der Waals surface area contributed by atoms with Gasteiger partial charge in [0, 0.05) is 31.8 Å². The molecule has 2 aliphatic rings. The van der Waals surface area contributed by atoms with Gasteiger partial charge in [-0.15, -0.1) is 0 Å². The van der Waals surface area contributed by atoms with Crippen molar-refractivity contribution in [1.82, 2.24) is 10.2 Å². The molecule has 0 unspecified atom stereocenters. The van der Waals surface area contributed by atoms with Crippen LogP contribution in [-0.4, -0.2) is 43.1 Å². The fourth-order valence-electron chi connectivity index (χ4n) is 3.34. The van der Waals surface area contributed by atoms with Gasteiger partial charge in [-0.25, -0.2) is 8.78 Å². The summed E-state index contributed by atoms with van der Waals surface area (Å²) in [5, 5.41) is 3.21. The Morgan fingerprint density at radius 3 is 2.71 bits per heavy atom. The maximum atomic E-state index is 14.0. The third kappa shape index (κ3) is 2.34. The molecule has 24 heavy (non-hydrogen) atoms. The van der Waals surface area contributed by atoms with Crippen molar-refractivity contribution in [1.29, 1.82) is 0 Å². The number of nitrogens with zero attached hydrogens (tertiary/aromatic N) is 1. The zero-order valence-electron chi connectivity index (χ0n) is 13.1. The molecule has 0 aromatic heterocycles. The van der Waals surface area contributed by atoms with Crippen molar-refractivity contribution < 1.29 is 18.3 Å². The van der Waals surface area contributed by atoms with E-state index >= 15 is 0 Å². The second-order valence-corrected chi connectivity index (χ2v) is 6.13. The van der Waals surface area contributed by atoms with Crippen LogP contribution in [0.4, 0.5) is 8.78 Å². The standard InChI is InChI=1S/C18H16F2N2O2/c1-22-15-8-21-9-17(15)24-16-6-10(2-4-13(16)18(22)23)12-5-3-11(19)7-14(12)20/h2-7,15,17,21H,8-9H2,1H3/t15-,17+/m1/s1. The van der Waals surface area contributed by atoms with Gasteiger partial charge in [-0.2, -0.15) is 0 Å². The number of hydrogen-bond donors (Lipinski definition) is 1. The van der Waals surface area contributed by atoms with Crippen LogP contribution in [-0.2, 0) is 0 Å². The fourth-order valence-corrected chi connectivity index (χ4v) is 3.34. The van der Waals surface area contributed by atoms with Gasteiger partial charge >= 0.3 is 0 Å². The average molecular weight is 330 g/mol. The quantitative estimate of drug-likeness (QED) is 0.873. The van der Waals surface area contributed by atoms with Gasteiger partial charge in [-0.3, -0.25) is 4.79 Å². The average Bonchev–Trinajstić information content (AvgIpc) is 2.98. The van der Waals surface area contributed by atoms with Gasteiger partial charge in [0.2, 0.25) is 0 Å². The Morgan fingerprint density at radius 2 is 1.92 bits per heavy atom. The number of likely N-dealkylation sites (N-methyl/N-ethyl adjacent to an activating group) is 1. The number of rotatable bonds is 1. The first-order valence-electron chi connectivity index (χ1n) is 7.78. The summed E-state index contributed by atoms with van der Waals surface area (Å²) in [6.45, 7) is 1.33. The van der Waals surface area contributed by atoms with Crippen molar-refractivity contribution >= 4 is 5.91 Å². The lowest BCUT2D eigenvalue weighted by atomic mass is 10.0. The third-order valence-corrected chi connectivity index (χ3v) is 4.68. The van der Waals surface area contributed by atoms with Crippen LogP contribution in [0.1, 0.15) is 10.4 Å². The highest BCUT2D eigenvalue weighted by Crippen LogP contribution is 2.33. The Balaban J connectivity index is 1.79. The smallest absolute Gasteiger partial charge is 0.257 e. The maximum Gasteiger partial charge on any atom is 0.257 e. The maximum absolute atomic E-state index is 14.0. The summed E-state index contributed by atoms with van der Waals surface area (Å²) >= 11 is 0. The number of carbonyl (C=O) groups excluding carboxylic acids is 1. The van der Waals surface area contributed by atoms with Gasteiger partial charge in [-0.05, 0) is 29.8 Å². The van der Waals surface area contributed by atoms with E-state index in [0.717, 1.165) is 6.07 Å². The molecule has 124 valence electrons. The van der Waals surface area contributed by atoms with Crippen molar-refractivity contribution in [3.05, 3.63) is 53.6 Å². The lowest BCUT2D eigenvalue weighted by molar-refractivity contribution is 0.0683. The summed E-state index contributed by atoms with van der Waals surface area (Å²) in [6.07, 6.45) is -0.145. The van der Waals surface area contributed by atoms with Gasteiger partial charge in [-0.1, -0.05) is 6.07 Å². The van der Waals surface area contributed by atoms with E-state index in [9.17, 15) is 13.6 Å². The lowest BCUT2D eigenvalue weighted by Crippen LogP contribution is -2.44.